The molecular weight excluding hydrogens is 380 g/mol. The lowest BCUT2D eigenvalue weighted by molar-refractivity contribution is 0.0693. The molecule has 0 radical (unpaired) electrons. The summed E-state index contributed by atoms with van der Waals surface area (Å²) in [6, 6.07) is 10.7. The third kappa shape index (κ3) is 5.32. The van der Waals surface area contributed by atoms with Crippen molar-refractivity contribution in [3.8, 4) is 5.75 Å². The SMILES string of the molecule is CCN(CC)c1ccc(C(CCc2ccc(C(=O)O)c(O)c2)=NO)cc1C(C)(C)C. The van der Waals surface area contributed by atoms with Gasteiger partial charge in [0.05, 0.1) is 5.71 Å². The van der Waals surface area contributed by atoms with Crippen LogP contribution in [0.4, 0.5) is 5.69 Å². The summed E-state index contributed by atoms with van der Waals surface area (Å²) >= 11 is 0. The number of oxime groups is 1. The Balaban J connectivity index is 2.30. The van der Waals surface area contributed by atoms with E-state index in [1.807, 2.05) is 6.07 Å². The first kappa shape index (κ1) is 23.3. The van der Waals surface area contributed by atoms with E-state index in [-0.39, 0.29) is 16.7 Å². The number of carboxylic acids is 1. The van der Waals surface area contributed by atoms with E-state index < -0.39 is 5.97 Å². The highest BCUT2D eigenvalue weighted by Crippen LogP contribution is 2.33. The fourth-order valence-electron chi connectivity index (χ4n) is 3.58. The minimum Gasteiger partial charge on any atom is -0.507 e. The molecule has 0 aliphatic rings. The van der Waals surface area contributed by atoms with Crippen molar-refractivity contribution in [2.45, 2.75) is 52.9 Å². The van der Waals surface area contributed by atoms with Crippen LogP contribution in [0, 0.1) is 0 Å². The molecule has 6 heteroatoms. The zero-order valence-corrected chi connectivity index (χ0v) is 18.4. The molecule has 0 atom stereocenters. The van der Waals surface area contributed by atoms with E-state index in [9.17, 15) is 15.1 Å². The van der Waals surface area contributed by atoms with Crippen LogP contribution in [0.25, 0.3) is 0 Å². The number of aromatic hydroxyl groups is 1. The topological polar surface area (TPSA) is 93.4 Å². The van der Waals surface area contributed by atoms with E-state index in [0.29, 0.717) is 18.6 Å². The van der Waals surface area contributed by atoms with Crippen LogP contribution in [-0.2, 0) is 11.8 Å². The molecule has 0 fully saturated rings. The molecule has 2 aromatic carbocycles. The number of phenols is 1. The fourth-order valence-corrected chi connectivity index (χ4v) is 3.58. The Morgan fingerprint density at radius 1 is 1.07 bits per heavy atom. The van der Waals surface area contributed by atoms with Crippen molar-refractivity contribution in [1.29, 1.82) is 0 Å². The number of carboxylic acid groups (broad SMARTS) is 1. The predicted octanol–water partition coefficient (Wildman–Crippen LogP) is 5.05. The first-order valence-electron chi connectivity index (χ1n) is 10.3. The van der Waals surface area contributed by atoms with Crippen molar-refractivity contribution in [1.82, 2.24) is 0 Å². The number of carbonyl (C=O) groups is 1. The van der Waals surface area contributed by atoms with Crippen molar-refractivity contribution in [2.75, 3.05) is 18.0 Å². The number of nitrogens with zero attached hydrogens (tertiary/aromatic N) is 2. The van der Waals surface area contributed by atoms with E-state index in [1.54, 1.807) is 6.07 Å². The number of anilines is 1. The number of rotatable bonds is 8. The summed E-state index contributed by atoms with van der Waals surface area (Å²) in [5, 5.41) is 32.1. The second-order valence-electron chi connectivity index (χ2n) is 8.36. The van der Waals surface area contributed by atoms with Gasteiger partial charge in [-0.05, 0) is 73.1 Å². The second kappa shape index (κ2) is 9.65. The van der Waals surface area contributed by atoms with Crippen LogP contribution in [0.3, 0.4) is 0 Å². The van der Waals surface area contributed by atoms with Crippen molar-refractivity contribution in [3.05, 3.63) is 58.7 Å². The normalized spacial score (nSPS) is 12.1. The minimum absolute atomic E-state index is 0.0764. The molecule has 0 amide bonds. The van der Waals surface area contributed by atoms with Gasteiger partial charge >= 0.3 is 5.97 Å². The fraction of sp³-hybridized carbons (Fsp3) is 0.417. The van der Waals surface area contributed by atoms with Crippen molar-refractivity contribution >= 4 is 17.4 Å². The highest BCUT2D eigenvalue weighted by Gasteiger charge is 2.22. The highest BCUT2D eigenvalue weighted by molar-refractivity contribution is 6.01. The van der Waals surface area contributed by atoms with Crippen LogP contribution < -0.4 is 4.90 Å². The van der Waals surface area contributed by atoms with Crippen molar-refractivity contribution < 1.29 is 20.2 Å². The maximum absolute atomic E-state index is 11.0. The summed E-state index contributed by atoms with van der Waals surface area (Å²) in [6.45, 7) is 12.6. The summed E-state index contributed by atoms with van der Waals surface area (Å²) in [5.41, 5.74) is 4.34. The predicted molar refractivity (Wildman–Crippen MR) is 120 cm³/mol. The Morgan fingerprint density at radius 3 is 2.23 bits per heavy atom. The lowest BCUT2D eigenvalue weighted by Crippen LogP contribution is -2.26. The highest BCUT2D eigenvalue weighted by atomic mass is 16.4. The molecule has 2 aromatic rings. The second-order valence-corrected chi connectivity index (χ2v) is 8.36. The average Bonchev–Trinajstić information content (AvgIpc) is 2.69. The molecule has 30 heavy (non-hydrogen) atoms. The van der Waals surface area contributed by atoms with Gasteiger partial charge in [0.2, 0.25) is 0 Å². The molecule has 0 spiro atoms. The standard InChI is InChI=1S/C24H32N2O4/c1-6-26(7-2)21-13-10-17(15-19(21)24(3,4)5)20(25-30)12-9-16-8-11-18(23(28)29)22(27)14-16/h8,10-11,13-15,27,30H,6-7,9,12H2,1-5H3,(H,28,29). The molecule has 3 N–H and O–H groups in total. The molecule has 0 aliphatic carbocycles. The first-order valence-corrected chi connectivity index (χ1v) is 10.3. The largest absolute Gasteiger partial charge is 0.507 e. The Kier molecular flexibility index (Phi) is 7.48. The van der Waals surface area contributed by atoms with Crippen molar-refractivity contribution in [2.24, 2.45) is 5.16 Å². The van der Waals surface area contributed by atoms with Gasteiger partial charge in [-0.25, -0.2) is 4.79 Å². The van der Waals surface area contributed by atoms with Crippen LogP contribution in [0.1, 0.15) is 68.1 Å². The quantitative estimate of drug-likeness (QED) is 0.321. The van der Waals surface area contributed by atoms with Gasteiger partial charge in [0.15, 0.2) is 0 Å². The lowest BCUT2D eigenvalue weighted by Gasteiger charge is -2.30. The monoisotopic (exact) mass is 412 g/mol. The zero-order valence-electron chi connectivity index (χ0n) is 18.4. The van der Waals surface area contributed by atoms with Crippen molar-refractivity contribution in [3.63, 3.8) is 0 Å². The molecule has 0 aromatic heterocycles. The third-order valence-electron chi connectivity index (χ3n) is 5.31. The first-order chi connectivity index (χ1) is 14.1. The van der Waals surface area contributed by atoms with Crippen LogP contribution >= 0.6 is 0 Å². The maximum atomic E-state index is 11.0. The van der Waals surface area contributed by atoms with Crippen LogP contribution in [-0.4, -0.2) is 40.2 Å². The average molecular weight is 413 g/mol. The molecule has 0 heterocycles. The molecular formula is C24H32N2O4. The summed E-state index contributed by atoms with van der Waals surface area (Å²) < 4.78 is 0. The lowest BCUT2D eigenvalue weighted by atomic mass is 9.83. The summed E-state index contributed by atoms with van der Waals surface area (Å²) in [7, 11) is 0. The molecule has 0 unspecified atom stereocenters. The van der Waals surface area contributed by atoms with Gasteiger partial charge < -0.3 is 20.3 Å². The number of hydrogen-bond acceptors (Lipinski definition) is 5. The summed E-state index contributed by atoms with van der Waals surface area (Å²) in [5.74, 6) is -1.43. The molecule has 0 saturated carbocycles. The van der Waals surface area contributed by atoms with E-state index >= 15 is 0 Å². The van der Waals surface area contributed by atoms with Gasteiger partial charge in [-0.3, -0.25) is 0 Å². The minimum atomic E-state index is -1.17. The Labute approximate surface area is 178 Å². The van der Waals surface area contributed by atoms with Gasteiger partial charge in [0.25, 0.3) is 0 Å². The summed E-state index contributed by atoms with van der Waals surface area (Å²) in [4.78, 5) is 13.4. The molecule has 0 saturated heterocycles. The molecule has 0 aliphatic heterocycles. The number of hydrogen-bond donors (Lipinski definition) is 3. The van der Waals surface area contributed by atoms with Crippen LogP contribution in [0.5, 0.6) is 5.75 Å². The van der Waals surface area contributed by atoms with E-state index in [4.69, 9.17) is 5.11 Å². The number of benzene rings is 2. The van der Waals surface area contributed by atoms with Gasteiger partial charge in [-0.1, -0.05) is 38.1 Å². The third-order valence-corrected chi connectivity index (χ3v) is 5.31. The van der Waals surface area contributed by atoms with E-state index in [0.717, 1.165) is 24.2 Å². The molecule has 2 rings (SSSR count). The zero-order chi connectivity index (χ0) is 22.5. The van der Waals surface area contributed by atoms with Crippen LogP contribution in [0.2, 0.25) is 0 Å². The van der Waals surface area contributed by atoms with Gasteiger partial charge in [0, 0.05) is 18.8 Å². The number of aromatic carboxylic acids is 1. The van der Waals surface area contributed by atoms with E-state index in [1.165, 1.54) is 23.4 Å². The maximum Gasteiger partial charge on any atom is 0.339 e. The van der Waals surface area contributed by atoms with Gasteiger partial charge in [-0.2, -0.15) is 0 Å². The van der Waals surface area contributed by atoms with E-state index in [2.05, 4.69) is 56.8 Å². The Hall–Kier alpha value is -3.02. The summed E-state index contributed by atoms with van der Waals surface area (Å²) in [6.07, 6.45) is 0.964. The van der Waals surface area contributed by atoms with Gasteiger partial charge in [0.1, 0.15) is 11.3 Å². The van der Waals surface area contributed by atoms with Crippen LogP contribution in [0.15, 0.2) is 41.6 Å². The Bertz CT molecular complexity index is 925. The number of aryl methyl sites for hydroxylation is 1. The smallest absolute Gasteiger partial charge is 0.339 e. The molecule has 0 bridgehead atoms. The van der Waals surface area contributed by atoms with Gasteiger partial charge in [-0.15, -0.1) is 0 Å². The Morgan fingerprint density at radius 2 is 1.73 bits per heavy atom. The molecule has 6 nitrogen and oxygen atoms in total. The molecule has 162 valence electrons.